The van der Waals surface area contributed by atoms with Gasteiger partial charge >= 0.3 is 0 Å². The van der Waals surface area contributed by atoms with Crippen molar-refractivity contribution in [1.82, 2.24) is 5.32 Å². The maximum Gasteiger partial charge on any atom is 0.173 e. The van der Waals surface area contributed by atoms with Crippen molar-refractivity contribution < 1.29 is 13.2 Å². The van der Waals surface area contributed by atoms with Gasteiger partial charge in [0, 0.05) is 18.0 Å². The Labute approximate surface area is 112 Å². The Morgan fingerprint density at radius 1 is 1.50 bits per heavy atom. The van der Waals surface area contributed by atoms with Gasteiger partial charge in [-0.2, -0.15) is 0 Å². The van der Waals surface area contributed by atoms with Gasteiger partial charge in [-0.3, -0.25) is 0 Å². The Morgan fingerprint density at radius 3 is 2.89 bits per heavy atom. The fourth-order valence-corrected chi connectivity index (χ4v) is 3.23. The zero-order valence-corrected chi connectivity index (χ0v) is 11.5. The van der Waals surface area contributed by atoms with Gasteiger partial charge in [0.25, 0.3) is 0 Å². The van der Waals surface area contributed by atoms with E-state index in [0.717, 1.165) is 5.56 Å². The molecule has 18 heavy (non-hydrogen) atoms. The molecule has 0 aromatic heterocycles. The number of sulfone groups is 1. The molecule has 0 bridgehead atoms. The highest BCUT2D eigenvalue weighted by Gasteiger charge is 2.20. The minimum atomic E-state index is -3.01. The lowest BCUT2D eigenvalue weighted by atomic mass is 10.2. The third-order valence-electron chi connectivity index (χ3n) is 2.71. The minimum absolute atomic E-state index is 0.123. The van der Waals surface area contributed by atoms with Crippen molar-refractivity contribution in [2.75, 3.05) is 12.9 Å². The van der Waals surface area contributed by atoms with E-state index >= 15 is 0 Å². The molecule has 1 aliphatic heterocycles. The first-order valence-electron chi connectivity index (χ1n) is 5.47. The van der Waals surface area contributed by atoms with E-state index in [1.807, 2.05) is 12.1 Å². The smallest absolute Gasteiger partial charge is 0.173 e. The van der Waals surface area contributed by atoms with Crippen LogP contribution >= 0.6 is 11.6 Å². The maximum absolute atomic E-state index is 11.2. The Morgan fingerprint density at radius 2 is 2.28 bits per heavy atom. The minimum Gasteiger partial charge on any atom is -0.495 e. The van der Waals surface area contributed by atoms with Gasteiger partial charge in [-0.05, 0) is 17.7 Å². The van der Waals surface area contributed by atoms with Crippen LogP contribution in [0, 0.1) is 0 Å². The summed E-state index contributed by atoms with van der Waals surface area (Å²) in [5.74, 6) is 0.739. The molecule has 0 aliphatic carbocycles. The summed E-state index contributed by atoms with van der Waals surface area (Å²) in [6.45, 7) is 0.568. The van der Waals surface area contributed by atoms with Crippen LogP contribution < -0.4 is 10.1 Å². The van der Waals surface area contributed by atoms with Crippen LogP contribution in [0.3, 0.4) is 0 Å². The molecule has 4 nitrogen and oxygen atoms in total. The molecule has 0 fully saturated rings. The second-order valence-electron chi connectivity index (χ2n) is 4.11. The van der Waals surface area contributed by atoms with Crippen LogP contribution in [0.25, 0.3) is 0 Å². The van der Waals surface area contributed by atoms with Crippen molar-refractivity contribution in [3.05, 3.63) is 40.3 Å². The summed E-state index contributed by atoms with van der Waals surface area (Å²) in [5, 5.41) is 4.98. The molecule has 1 heterocycles. The molecule has 98 valence electrons. The Kier molecular flexibility index (Phi) is 3.94. The monoisotopic (exact) mass is 287 g/mol. The summed E-state index contributed by atoms with van der Waals surface area (Å²) in [4.78, 5) is 0. The number of halogens is 1. The molecule has 1 N–H and O–H groups in total. The van der Waals surface area contributed by atoms with Crippen molar-refractivity contribution in [2.24, 2.45) is 0 Å². The van der Waals surface area contributed by atoms with Crippen LogP contribution in [0.4, 0.5) is 0 Å². The van der Waals surface area contributed by atoms with E-state index in [-0.39, 0.29) is 11.8 Å². The number of methoxy groups -OCH3 is 1. The van der Waals surface area contributed by atoms with E-state index in [9.17, 15) is 8.42 Å². The van der Waals surface area contributed by atoms with Crippen LogP contribution in [0.1, 0.15) is 5.56 Å². The normalized spacial score (nSPS) is 21.1. The van der Waals surface area contributed by atoms with Gasteiger partial charge in [0.1, 0.15) is 5.75 Å². The lowest BCUT2D eigenvalue weighted by Gasteiger charge is -2.11. The van der Waals surface area contributed by atoms with Gasteiger partial charge in [0.15, 0.2) is 9.84 Å². The molecule has 0 saturated heterocycles. The molecule has 2 rings (SSSR count). The molecular weight excluding hydrogens is 274 g/mol. The third kappa shape index (κ3) is 3.25. The van der Waals surface area contributed by atoms with Gasteiger partial charge in [0.2, 0.25) is 0 Å². The first-order valence-corrected chi connectivity index (χ1v) is 7.56. The second-order valence-corrected chi connectivity index (χ2v) is 6.45. The lowest BCUT2D eigenvalue weighted by Crippen LogP contribution is -2.29. The number of benzene rings is 1. The van der Waals surface area contributed by atoms with Crippen LogP contribution in [0.5, 0.6) is 5.75 Å². The summed E-state index contributed by atoms with van der Waals surface area (Å²) in [6, 6.07) is 5.35. The number of nitrogens with one attached hydrogen (secondary N) is 1. The van der Waals surface area contributed by atoms with Crippen molar-refractivity contribution in [2.45, 2.75) is 12.6 Å². The van der Waals surface area contributed by atoms with Crippen molar-refractivity contribution in [3.8, 4) is 5.75 Å². The highest BCUT2D eigenvalue weighted by Crippen LogP contribution is 2.25. The Bertz CT molecular complexity index is 569. The molecule has 0 radical (unpaired) electrons. The standard InChI is InChI=1S/C12H14ClNO3S/c1-17-12-6-9(2-3-11(12)13)7-14-10-4-5-18(15,16)8-10/h2-6,10,14H,7-8H2,1H3. The SMILES string of the molecule is COc1cc(CNC2C=CS(=O)(=O)C2)ccc1Cl. The first kappa shape index (κ1) is 13.4. The van der Waals surface area contributed by atoms with E-state index in [4.69, 9.17) is 16.3 Å². The lowest BCUT2D eigenvalue weighted by molar-refractivity contribution is 0.414. The fourth-order valence-electron chi connectivity index (χ4n) is 1.77. The van der Waals surface area contributed by atoms with Crippen LogP contribution in [-0.2, 0) is 16.4 Å². The molecule has 1 aromatic rings. The van der Waals surface area contributed by atoms with Crippen LogP contribution in [-0.4, -0.2) is 27.3 Å². The van der Waals surface area contributed by atoms with Crippen molar-refractivity contribution in [3.63, 3.8) is 0 Å². The Hall–Kier alpha value is -1.04. The summed E-state index contributed by atoms with van der Waals surface area (Å²) in [7, 11) is -1.45. The van der Waals surface area contributed by atoms with Gasteiger partial charge in [0.05, 0.1) is 17.9 Å². The highest BCUT2D eigenvalue weighted by atomic mass is 35.5. The predicted molar refractivity (Wildman–Crippen MR) is 71.6 cm³/mol. The molecule has 1 unspecified atom stereocenters. The average molecular weight is 288 g/mol. The third-order valence-corrected chi connectivity index (χ3v) is 4.42. The number of hydrogen-bond donors (Lipinski definition) is 1. The topological polar surface area (TPSA) is 55.4 Å². The summed E-state index contributed by atoms with van der Waals surface area (Å²) in [5.41, 5.74) is 0.994. The van der Waals surface area contributed by atoms with Crippen LogP contribution in [0.15, 0.2) is 29.7 Å². The number of ether oxygens (including phenoxy) is 1. The molecule has 1 aromatic carbocycles. The van der Waals surface area contributed by atoms with Gasteiger partial charge in [-0.25, -0.2) is 8.42 Å². The first-order chi connectivity index (χ1) is 8.50. The molecule has 1 atom stereocenters. The predicted octanol–water partition coefficient (Wildman–Crippen LogP) is 1.75. The quantitative estimate of drug-likeness (QED) is 0.917. The Balaban J connectivity index is 1.97. The van der Waals surface area contributed by atoms with E-state index in [0.29, 0.717) is 17.3 Å². The number of hydrogen-bond acceptors (Lipinski definition) is 4. The molecule has 0 spiro atoms. The largest absolute Gasteiger partial charge is 0.495 e. The van der Waals surface area contributed by atoms with Crippen molar-refractivity contribution >= 4 is 21.4 Å². The zero-order valence-electron chi connectivity index (χ0n) is 9.89. The van der Waals surface area contributed by atoms with Crippen LogP contribution in [0.2, 0.25) is 5.02 Å². The number of rotatable bonds is 4. The molecule has 6 heteroatoms. The van der Waals surface area contributed by atoms with Crippen molar-refractivity contribution in [1.29, 1.82) is 0 Å². The summed E-state index contributed by atoms with van der Waals surface area (Å²) in [6.07, 6.45) is 1.67. The molecule has 1 aliphatic rings. The van der Waals surface area contributed by atoms with E-state index in [1.54, 1.807) is 19.3 Å². The fraction of sp³-hybridized carbons (Fsp3) is 0.333. The average Bonchev–Trinajstić information content (AvgIpc) is 2.68. The van der Waals surface area contributed by atoms with E-state index in [1.165, 1.54) is 5.41 Å². The summed E-state index contributed by atoms with van der Waals surface area (Å²) < 4.78 is 27.6. The van der Waals surface area contributed by atoms with Gasteiger partial charge in [-0.15, -0.1) is 0 Å². The zero-order chi connectivity index (χ0) is 13.2. The van der Waals surface area contributed by atoms with E-state index < -0.39 is 9.84 Å². The molecular formula is C12H14ClNO3S. The van der Waals surface area contributed by atoms with E-state index in [2.05, 4.69) is 5.32 Å². The summed E-state index contributed by atoms with van der Waals surface area (Å²) >= 11 is 5.93. The molecule has 0 saturated carbocycles. The molecule has 0 amide bonds. The second kappa shape index (κ2) is 5.30. The highest BCUT2D eigenvalue weighted by molar-refractivity contribution is 7.94. The van der Waals surface area contributed by atoms with Gasteiger partial charge in [-0.1, -0.05) is 23.7 Å². The maximum atomic E-state index is 11.2. The van der Waals surface area contributed by atoms with Gasteiger partial charge < -0.3 is 10.1 Å².